The SMILES string of the molecule is O=C(O)Cn1nnnc1-c1nnc(Br)s1. The van der Waals surface area contributed by atoms with Gasteiger partial charge in [0.2, 0.25) is 5.82 Å². The van der Waals surface area contributed by atoms with Crippen molar-refractivity contribution in [2.45, 2.75) is 6.54 Å². The highest BCUT2D eigenvalue weighted by Crippen LogP contribution is 2.23. The Labute approximate surface area is 95.1 Å². The van der Waals surface area contributed by atoms with Crippen LogP contribution in [0, 0.1) is 0 Å². The van der Waals surface area contributed by atoms with Gasteiger partial charge in [-0.3, -0.25) is 4.79 Å². The van der Waals surface area contributed by atoms with Crippen molar-refractivity contribution in [2.24, 2.45) is 0 Å². The van der Waals surface area contributed by atoms with Gasteiger partial charge in [-0.1, -0.05) is 11.3 Å². The molecule has 0 aliphatic rings. The average molecular weight is 291 g/mol. The minimum Gasteiger partial charge on any atom is -0.480 e. The lowest BCUT2D eigenvalue weighted by atomic mass is 10.6. The van der Waals surface area contributed by atoms with E-state index in [1.165, 1.54) is 11.3 Å². The summed E-state index contributed by atoms with van der Waals surface area (Å²) in [6.07, 6.45) is 0. The molecule has 10 heteroatoms. The third-order valence-electron chi connectivity index (χ3n) is 1.41. The van der Waals surface area contributed by atoms with Crippen LogP contribution in [-0.2, 0) is 11.3 Å². The summed E-state index contributed by atoms with van der Waals surface area (Å²) in [6.45, 7) is -0.306. The van der Waals surface area contributed by atoms with Crippen molar-refractivity contribution in [1.82, 2.24) is 30.4 Å². The Morgan fingerprint density at radius 3 is 2.87 bits per heavy atom. The van der Waals surface area contributed by atoms with Gasteiger partial charge in [0, 0.05) is 0 Å². The molecule has 0 saturated carbocycles. The second-order valence-electron chi connectivity index (χ2n) is 2.41. The highest BCUT2D eigenvalue weighted by molar-refractivity contribution is 9.11. The fourth-order valence-corrected chi connectivity index (χ4v) is 1.99. The summed E-state index contributed by atoms with van der Waals surface area (Å²) < 4.78 is 1.73. The predicted molar refractivity (Wildman–Crippen MR) is 52.1 cm³/mol. The maximum atomic E-state index is 10.5. The molecule has 0 bridgehead atoms. The number of hydrogen-bond donors (Lipinski definition) is 1. The Morgan fingerprint density at radius 2 is 2.27 bits per heavy atom. The molecular formula is C5H3BrN6O2S. The molecule has 1 N–H and O–H groups in total. The van der Waals surface area contributed by atoms with Crippen LogP contribution in [0.15, 0.2) is 3.92 Å². The molecule has 0 amide bonds. The van der Waals surface area contributed by atoms with Crippen LogP contribution in [0.1, 0.15) is 0 Å². The van der Waals surface area contributed by atoms with Gasteiger partial charge in [0.15, 0.2) is 8.92 Å². The van der Waals surface area contributed by atoms with E-state index in [2.05, 4.69) is 41.7 Å². The van der Waals surface area contributed by atoms with Crippen LogP contribution in [0.2, 0.25) is 0 Å². The standard InChI is InChI=1S/C5H3BrN6O2S/c6-5-9-8-4(15-5)3-7-10-11-12(3)1-2(13)14/h1H2,(H,13,14). The number of carboxylic acid groups (broad SMARTS) is 1. The molecule has 0 spiro atoms. The molecule has 0 saturated heterocycles. The fraction of sp³-hybridized carbons (Fsp3) is 0.200. The molecule has 2 aromatic heterocycles. The van der Waals surface area contributed by atoms with Gasteiger partial charge < -0.3 is 5.11 Å². The normalized spacial score (nSPS) is 10.5. The quantitative estimate of drug-likeness (QED) is 0.850. The maximum Gasteiger partial charge on any atom is 0.325 e. The van der Waals surface area contributed by atoms with Crippen LogP contribution in [0.5, 0.6) is 0 Å². The van der Waals surface area contributed by atoms with Gasteiger partial charge in [0.1, 0.15) is 6.54 Å². The van der Waals surface area contributed by atoms with Crippen LogP contribution in [0.25, 0.3) is 10.8 Å². The Hall–Kier alpha value is -1.42. The zero-order valence-corrected chi connectivity index (χ0v) is 9.43. The van der Waals surface area contributed by atoms with Crippen molar-refractivity contribution in [3.63, 3.8) is 0 Å². The van der Waals surface area contributed by atoms with Gasteiger partial charge in [-0.25, -0.2) is 4.68 Å². The summed E-state index contributed by atoms with van der Waals surface area (Å²) >= 11 is 4.37. The molecule has 0 aromatic carbocycles. The number of aliphatic carboxylic acids is 1. The Kier molecular flexibility index (Phi) is 2.68. The van der Waals surface area contributed by atoms with Gasteiger partial charge in [-0.2, -0.15) is 0 Å². The smallest absolute Gasteiger partial charge is 0.325 e. The first-order valence-electron chi connectivity index (χ1n) is 3.64. The molecule has 0 aliphatic heterocycles. The molecule has 2 heterocycles. The van der Waals surface area contributed by atoms with Crippen molar-refractivity contribution >= 4 is 33.2 Å². The topological polar surface area (TPSA) is 107 Å². The number of carbonyl (C=O) groups is 1. The first-order chi connectivity index (χ1) is 7.16. The second kappa shape index (κ2) is 3.98. The second-order valence-corrected chi connectivity index (χ2v) is 4.67. The predicted octanol–water partition coefficient (Wildman–Crippen LogP) is 0.0387. The van der Waals surface area contributed by atoms with Crippen molar-refractivity contribution < 1.29 is 9.90 Å². The van der Waals surface area contributed by atoms with E-state index in [4.69, 9.17) is 5.11 Å². The van der Waals surface area contributed by atoms with Gasteiger partial charge >= 0.3 is 5.97 Å². The molecular weight excluding hydrogens is 288 g/mol. The van der Waals surface area contributed by atoms with E-state index in [1.54, 1.807) is 0 Å². The lowest BCUT2D eigenvalue weighted by Crippen LogP contribution is -2.11. The van der Waals surface area contributed by atoms with Crippen molar-refractivity contribution in [2.75, 3.05) is 0 Å². The number of aromatic nitrogens is 6. The van der Waals surface area contributed by atoms with Crippen molar-refractivity contribution in [3.05, 3.63) is 3.92 Å². The summed E-state index contributed by atoms with van der Waals surface area (Å²) in [4.78, 5) is 10.5. The van der Waals surface area contributed by atoms with Crippen molar-refractivity contribution in [1.29, 1.82) is 0 Å². The Morgan fingerprint density at radius 1 is 1.47 bits per heavy atom. The molecule has 78 valence electrons. The number of carboxylic acids is 1. The Bertz CT molecular complexity index is 495. The highest BCUT2D eigenvalue weighted by atomic mass is 79.9. The lowest BCUT2D eigenvalue weighted by Gasteiger charge is -1.95. The number of rotatable bonds is 3. The minimum atomic E-state index is -1.02. The van der Waals surface area contributed by atoms with E-state index in [1.807, 2.05) is 0 Å². The zero-order chi connectivity index (χ0) is 10.8. The van der Waals surface area contributed by atoms with E-state index in [-0.39, 0.29) is 6.54 Å². The van der Waals surface area contributed by atoms with Gasteiger partial charge in [-0.15, -0.1) is 15.3 Å². The number of tetrazole rings is 1. The minimum absolute atomic E-state index is 0.292. The summed E-state index contributed by atoms with van der Waals surface area (Å²) in [5.41, 5.74) is 0. The first kappa shape index (κ1) is 10.1. The van der Waals surface area contributed by atoms with Crippen molar-refractivity contribution in [3.8, 4) is 10.8 Å². The van der Waals surface area contributed by atoms with Crippen LogP contribution >= 0.6 is 27.3 Å². The molecule has 0 aliphatic carbocycles. The van der Waals surface area contributed by atoms with E-state index in [9.17, 15) is 4.79 Å². The summed E-state index contributed by atoms with van der Waals surface area (Å²) in [7, 11) is 0. The molecule has 15 heavy (non-hydrogen) atoms. The summed E-state index contributed by atoms with van der Waals surface area (Å²) in [5, 5.41) is 27.2. The van der Waals surface area contributed by atoms with Crippen LogP contribution < -0.4 is 0 Å². The first-order valence-corrected chi connectivity index (χ1v) is 5.25. The Balaban J connectivity index is 2.36. The summed E-state index contributed by atoms with van der Waals surface area (Å²) in [5.74, 6) is -0.729. The molecule has 2 aromatic rings. The third-order valence-corrected chi connectivity index (χ3v) is 2.76. The fourth-order valence-electron chi connectivity index (χ4n) is 0.888. The number of hydrogen-bond acceptors (Lipinski definition) is 7. The third kappa shape index (κ3) is 2.15. The van der Waals surface area contributed by atoms with E-state index in [0.717, 1.165) is 4.68 Å². The summed E-state index contributed by atoms with van der Waals surface area (Å²) in [6, 6.07) is 0. The highest BCUT2D eigenvalue weighted by Gasteiger charge is 2.15. The lowest BCUT2D eigenvalue weighted by molar-refractivity contribution is -0.137. The molecule has 0 fully saturated rings. The monoisotopic (exact) mass is 290 g/mol. The van der Waals surface area contributed by atoms with Crippen LogP contribution in [0.4, 0.5) is 0 Å². The molecule has 0 radical (unpaired) electrons. The molecule has 0 atom stereocenters. The molecule has 2 rings (SSSR count). The number of nitrogens with zero attached hydrogens (tertiary/aromatic N) is 6. The molecule has 0 unspecified atom stereocenters. The largest absolute Gasteiger partial charge is 0.480 e. The van der Waals surface area contributed by atoms with E-state index in [0.29, 0.717) is 14.7 Å². The number of halogens is 1. The maximum absolute atomic E-state index is 10.5. The zero-order valence-electron chi connectivity index (χ0n) is 7.03. The van der Waals surface area contributed by atoms with Gasteiger partial charge in [-0.05, 0) is 26.4 Å². The van der Waals surface area contributed by atoms with Gasteiger partial charge in [0.05, 0.1) is 0 Å². The van der Waals surface area contributed by atoms with Crippen LogP contribution in [-0.4, -0.2) is 41.5 Å². The van der Waals surface area contributed by atoms with E-state index < -0.39 is 5.97 Å². The van der Waals surface area contributed by atoms with E-state index >= 15 is 0 Å². The average Bonchev–Trinajstić information content (AvgIpc) is 2.72. The van der Waals surface area contributed by atoms with Crippen LogP contribution in [0.3, 0.4) is 0 Å². The van der Waals surface area contributed by atoms with Gasteiger partial charge in [0.25, 0.3) is 0 Å². The molecule has 8 nitrogen and oxygen atoms in total.